The summed E-state index contributed by atoms with van der Waals surface area (Å²) in [4.78, 5) is 23.3. The van der Waals surface area contributed by atoms with Crippen LogP contribution < -0.4 is 21.6 Å². The molecule has 0 saturated heterocycles. The van der Waals surface area contributed by atoms with Crippen molar-refractivity contribution in [2.45, 2.75) is 6.42 Å². The van der Waals surface area contributed by atoms with Crippen molar-refractivity contribution in [2.75, 3.05) is 7.11 Å². The second-order valence-corrected chi connectivity index (χ2v) is 4.77. The Balaban J connectivity index is 2.09. The van der Waals surface area contributed by atoms with Crippen LogP contribution in [0.5, 0.6) is 5.75 Å². The van der Waals surface area contributed by atoms with E-state index in [2.05, 4.69) is 15.3 Å². The normalized spacial score (nSPS) is 10.7. The number of hydrazine groups is 1. The number of H-pyrrole nitrogens is 1. The lowest BCUT2D eigenvalue weighted by molar-refractivity contribution is -0.120. The number of nitrogens with two attached hydrogens (primary N) is 1. The van der Waals surface area contributed by atoms with Crippen LogP contribution in [0.3, 0.4) is 0 Å². The first kappa shape index (κ1) is 14.7. The fourth-order valence-electron chi connectivity index (χ4n) is 2.17. The second kappa shape index (κ2) is 5.89. The number of ether oxygens (including phenoxy) is 1. The standard InChI is InChI=1S/C14H14N6O3/c1-23-9-4-2-8(3-5-9)10-6-11-14(22)18-17-12(20(11)19-10)7-13(21)16-15/h2-6H,7,15H2,1H3,(H,16,21)(H,18,22). The lowest BCUT2D eigenvalue weighted by Crippen LogP contribution is -2.33. The van der Waals surface area contributed by atoms with E-state index in [-0.39, 0.29) is 12.2 Å². The highest BCUT2D eigenvalue weighted by Crippen LogP contribution is 2.21. The predicted octanol–water partition coefficient (Wildman–Crippen LogP) is -0.374. The third-order valence-electron chi connectivity index (χ3n) is 3.34. The van der Waals surface area contributed by atoms with Gasteiger partial charge in [-0.15, -0.1) is 0 Å². The van der Waals surface area contributed by atoms with Gasteiger partial charge in [0.15, 0.2) is 5.82 Å². The highest BCUT2D eigenvalue weighted by atomic mass is 16.5. The highest BCUT2D eigenvalue weighted by Gasteiger charge is 2.14. The Hall–Kier alpha value is -3.20. The summed E-state index contributed by atoms with van der Waals surface area (Å²) >= 11 is 0. The highest BCUT2D eigenvalue weighted by molar-refractivity contribution is 5.77. The number of nitrogens with one attached hydrogen (secondary N) is 2. The van der Waals surface area contributed by atoms with E-state index >= 15 is 0 Å². The van der Waals surface area contributed by atoms with Gasteiger partial charge in [0.25, 0.3) is 5.56 Å². The van der Waals surface area contributed by atoms with Gasteiger partial charge in [-0.25, -0.2) is 15.5 Å². The molecule has 23 heavy (non-hydrogen) atoms. The van der Waals surface area contributed by atoms with Gasteiger partial charge in [0.2, 0.25) is 5.91 Å². The molecule has 2 aromatic heterocycles. The monoisotopic (exact) mass is 314 g/mol. The Kier molecular flexibility index (Phi) is 3.77. The molecule has 9 heteroatoms. The van der Waals surface area contributed by atoms with Gasteiger partial charge < -0.3 is 4.74 Å². The molecule has 0 atom stereocenters. The third-order valence-corrected chi connectivity index (χ3v) is 3.34. The van der Waals surface area contributed by atoms with Crippen molar-refractivity contribution < 1.29 is 9.53 Å². The van der Waals surface area contributed by atoms with E-state index in [0.29, 0.717) is 11.2 Å². The summed E-state index contributed by atoms with van der Waals surface area (Å²) in [6.45, 7) is 0. The minimum Gasteiger partial charge on any atom is -0.497 e. The van der Waals surface area contributed by atoms with Gasteiger partial charge in [-0.3, -0.25) is 15.0 Å². The van der Waals surface area contributed by atoms with Crippen LogP contribution >= 0.6 is 0 Å². The van der Waals surface area contributed by atoms with Crippen LogP contribution in [0, 0.1) is 0 Å². The van der Waals surface area contributed by atoms with Gasteiger partial charge in [-0.2, -0.15) is 10.2 Å². The molecule has 2 heterocycles. The largest absolute Gasteiger partial charge is 0.497 e. The molecule has 0 aliphatic heterocycles. The van der Waals surface area contributed by atoms with Gasteiger partial charge in [-0.05, 0) is 30.3 Å². The number of nitrogens with zero attached hydrogens (tertiary/aromatic N) is 3. The molecular weight excluding hydrogens is 300 g/mol. The molecule has 0 radical (unpaired) electrons. The van der Waals surface area contributed by atoms with E-state index in [0.717, 1.165) is 11.3 Å². The van der Waals surface area contributed by atoms with Crippen molar-refractivity contribution >= 4 is 11.4 Å². The number of aromatic amines is 1. The van der Waals surface area contributed by atoms with Crippen molar-refractivity contribution in [3.63, 3.8) is 0 Å². The number of amides is 1. The van der Waals surface area contributed by atoms with E-state index in [1.54, 1.807) is 25.3 Å². The first-order valence-electron chi connectivity index (χ1n) is 6.73. The Bertz CT molecular complexity index is 912. The zero-order chi connectivity index (χ0) is 16.4. The van der Waals surface area contributed by atoms with Crippen LogP contribution in [-0.4, -0.2) is 32.8 Å². The molecule has 0 aliphatic rings. The Morgan fingerprint density at radius 2 is 2.13 bits per heavy atom. The molecule has 0 saturated carbocycles. The summed E-state index contributed by atoms with van der Waals surface area (Å²) in [5.41, 5.74) is 3.31. The number of fused-ring (bicyclic) bond motifs is 1. The van der Waals surface area contributed by atoms with Crippen molar-refractivity contribution in [3.05, 3.63) is 46.5 Å². The number of rotatable bonds is 4. The van der Waals surface area contributed by atoms with Crippen molar-refractivity contribution in [2.24, 2.45) is 5.84 Å². The van der Waals surface area contributed by atoms with Gasteiger partial charge in [0.1, 0.15) is 11.3 Å². The topological polar surface area (TPSA) is 127 Å². The second-order valence-electron chi connectivity index (χ2n) is 4.77. The average molecular weight is 314 g/mol. The average Bonchev–Trinajstić information content (AvgIpc) is 3.04. The van der Waals surface area contributed by atoms with E-state index in [1.165, 1.54) is 4.52 Å². The molecule has 0 fully saturated rings. The minimum absolute atomic E-state index is 0.104. The summed E-state index contributed by atoms with van der Waals surface area (Å²) in [7, 11) is 1.58. The summed E-state index contributed by atoms with van der Waals surface area (Å²) < 4.78 is 6.45. The molecule has 0 bridgehead atoms. The Morgan fingerprint density at radius 1 is 1.39 bits per heavy atom. The van der Waals surface area contributed by atoms with E-state index in [9.17, 15) is 9.59 Å². The summed E-state index contributed by atoms with van der Waals surface area (Å²) in [5.74, 6) is 5.64. The lowest BCUT2D eigenvalue weighted by atomic mass is 10.1. The maximum Gasteiger partial charge on any atom is 0.290 e. The molecule has 3 rings (SSSR count). The number of hydrogen-bond acceptors (Lipinski definition) is 6. The lowest BCUT2D eigenvalue weighted by Gasteiger charge is -2.02. The van der Waals surface area contributed by atoms with E-state index in [1.807, 2.05) is 17.6 Å². The molecule has 4 N–H and O–H groups in total. The number of benzene rings is 1. The van der Waals surface area contributed by atoms with Gasteiger partial charge in [0.05, 0.1) is 19.2 Å². The number of carbonyl (C=O) groups is 1. The third kappa shape index (κ3) is 2.77. The summed E-state index contributed by atoms with van der Waals surface area (Å²) in [6, 6.07) is 8.88. The van der Waals surface area contributed by atoms with Gasteiger partial charge >= 0.3 is 0 Å². The number of aromatic nitrogens is 4. The quantitative estimate of drug-likeness (QED) is 0.342. The molecule has 1 amide bonds. The van der Waals surface area contributed by atoms with Crippen LogP contribution in [-0.2, 0) is 11.2 Å². The maximum absolute atomic E-state index is 11.9. The van der Waals surface area contributed by atoms with E-state index < -0.39 is 11.5 Å². The van der Waals surface area contributed by atoms with Crippen LogP contribution in [0.15, 0.2) is 35.1 Å². The van der Waals surface area contributed by atoms with Crippen molar-refractivity contribution in [1.82, 2.24) is 25.2 Å². The summed E-state index contributed by atoms with van der Waals surface area (Å²) in [5, 5.41) is 10.6. The van der Waals surface area contributed by atoms with E-state index in [4.69, 9.17) is 10.6 Å². The zero-order valence-corrected chi connectivity index (χ0v) is 12.2. The molecule has 3 aromatic rings. The van der Waals surface area contributed by atoms with Crippen LogP contribution in [0.4, 0.5) is 0 Å². The number of methoxy groups -OCH3 is 1. The Labute approximate surface area is 130 Å². The molecule has 0 unspecified atom stereocenters. The predicted molar refractivity (Wildman–Crippen MR) is 81.6 cm³/mol. The number of hydrogen-bond donors (Lipinski definition) is 3. The minimum atomic E-state index is -0.438. The molecule has 0 spiro atoms. The van der Waals surface area contributed by atoms with Gasteiger partial charge in [0, 0.05) is 5.56 Å². The van der Waals surface area contributed by atoms with Crippen molar-refractivity contribution in [3.8, 4) is 17.0 Å². The molecule has 1 aromatic carbocycles. The van der Waals surface area contributed by atoms with Crippen LogP contribution in [0.1, 0.15) is 5.82 Å². The molecule has 0 aliphatic carbocycles. The van der Waals surface area contributed by atoms with Crippen LogP contribution in [0.25, 0.3) is 16.8 Å². The van der Waals surface area contributed by atoms with Gasteiger partial charge in [-0.1, -0.05) is 0 Å². The number of carbonyl (C=O) groups excluding carboxylic acids is 1. The zero-order valence-electron chi connectivity index (χ0n) is 12.2. The smallest absolute Gasteiger partial charge is 0.290 e. The first-order chi connectivity index (χ1) is 11.1. The fourth-order valence-corrected chi connectivity index (χ4v) is 2.17. The molecule has 9 nitrogen and oxygen atoms in total. The first-order valence-corrected chi connectivity index (χ1v) is 6.73. The summed E-state index contributed by atoms with van der Waals surface area (Å²) in [6.07, 6.45) is -0.104. The Morgan fingerprint density at radius 3 is 2.78 bits per heavy atom. The molecular formula is C14H14N6O3. The maximum atomic E-state index is 11.9. The SMILES string of the molecule is COc1ccc(-c2cc3c(=O)[nH]nc(CC(=O)NN)n3n2)cc1. The van der Waals surface area contributed by atoms with Crippen LogP contribution in [0.2, 0.25) is 0 Å². The molecule has 118 valence electrons. The fraction of sp³-hybridized carbons (Fsp3) is 0.143. The van der Waals surface area contributed by atoms with Crippen molar-refractivity contribution in [1.29, 1.82) is 0 Å².